The smallest absolute Gasteiger partial charge is 0.114 e. The fourth-order valence-electron chi connectivity index (χ4n) is 2.77. The number of aromatic nitrogens is 2. The molecule has 1 aromatic rings. The van der Waals surface area contributed by atoms with Gasteiger partial charge >= 0.3 is 0 Å². The van der Waals surface area contributed by atoms with E-state index < -0.39 is 0 Å². The molecule has 16 heavy (non-hydrogen) atoms. The standard InChI is InChI=1S/C12H18N2O2/c15-11-4-1-5-14-10(11)7-13-12(14)9-3-2-6-16-8-9/h7,9,11,15H,1-6,8H2. The van der Waals surface area contributed by atoms with Gasteiger partial charge in [-0.25, -0.2) is 4.98 Å². The molecule has 1 fully saturated rings. The van der Waals surface area contributed by atoms with Crippen LogP contribution in [0.1, 0.15) is 49.2 Å². The third-order valence-electron chi connectivity index (χ3n) is 3.64. The molecule has 1 aromatic heterocycles. The molecule has 2 aliphatic heterocycles. The van der Waals surface area contributed by atoms with Gasteiger partial charge < -0.3 is 14.4 Å². The van der Waals surface area contributed by atoms with Gasteiger partial charge in [0.05, 0.1) is 24.6 Å². The number of ether oxygens (including phenoxy) is 1. The second-order valence-corrected chi connectivity index (χ2v) is 4.76. The average Bonchev–Trinajstić information content (AvgIpc) is 2.75. The van der Waals surface area contributed by atoms with Crippen LogP contribution >= 0.6 is 0 Å². The molecule has 3 heterocycles. The zero-order valence-corrected chi connectivity index (χ0v) is 9.43. The lowest BCUT2D eigenvalue weighted by atomic mass is 10.0. The lowest BCUT2D eigenvalue weighted by Crippen LogP contribution is -2.22. The molecule has 0 aromatic carbocycles. The Balaban J connectivity index is 1.89. The molecule has 0 amide bonds. The van der Waals surface area contributed by atoms with Crippen molar-refractivity contribution in [1.29, 1.82) is 0 Å². The van der Waals surface area contributed by atoms with Crippen molar-refractivity contribution in [2.24, 2.45) is 0 Å². The first-order chi connectivity index (χ1) is 7.86. The predicted molar refractivity (Wildman–Crippen MR) is 59.2 cm³/mol. The molecule has 2 atom stereocenters. The van der Waals surface area contributed by atoms with Crippen molar-refractivity contribution in [2.45, 2.75) is 44.2 Å². The van der Waals surface area contributed by atoms with Crippen molar-refractivity contribution in [3.63, 3.8) is 0 Å². The van der Waals surface area contributed by atoms with Gasteiger partial charge in [-0.2, -0.15) is 0 Å². The van der Waals surface area contributed by atoms with E-state index in [2.05, 4.69) is 9.55 Å². The molecule has 4 nitrogen and oxygen atoms in total. The van der Waals surface area contributed by atoms with Gasteiger partial charge in [0.2, 0.25) is 0 Å². The summed E-state index contributed by atoms with van der Waals surface area (Å²) in [6.07, 6.45) is 5.71. The van der Waals surface area contributed by atoms with Gasteiger partial charge in [0.25, 0.3) is 0 Å². The van der Waals surface area contributed by atoms with Crippen LogP contribution in [-0.2, 0) is 11.3 Å². The monoisotopic (exact) mass is 222 g/mol. The highest BCUT2D eigenvalue weighted by Crippen LogP contribution is 2.31. The Morgan fingerprint density at radius 1 is 1.38 bits per heavy atom. The lowest BCUT2D eigenvalue weighted by molar-refractivity contribution is 0.0755. The van der Waals surface area contributed by atoms with Crippen molar-refractivity contribution in [2.75, 3.05) is 13.2 Å². The number of imidazole rings is 1. The average molecular weight is 222 g/mol. The molecule has 3 rings (SSSR count). The Morgan fingerprint density at radius 3 is 3.12 bits per heavy atom. The van der Waals surface area contributed by atoms with Crippen LogP contribution in [0.4, 0.5) is 0 Å². The van der Waals surface area contributed by atoms with Crippen LogP contribution in [0.2, 0.25) is 0 Å². The molecule has 0 spiro atoms. The molecule has 1 N–H and O–H groups in total. The lowest BCUT2D eigenvalue weighted by Gasteiger charge is -2.26. The summed E-state index contributed by atoms with van der Waals surface area (Å²) in [5.41, 5.74) is 0.992. The van der Waals surface area contributed by atoms with Gasteiger partial charge in [0.15, 0.2) is 0 Å². The van der Waals surface area contributed by atoms with E-state index >= 15 is 0 Å². The van der Waals surface area contributed by atoms with E-state index in [0.717, 1.165) is 57.0 Å². The van der Waals surface area contributed by atoms with Crippen molar-refractivity contribution in [3.8, 4) is 0 Å². The highest BCUT2D eigenvalue weighted by atomic mass is 16.5. The van der Waals surface area contributed by atoms with Gasteiger partial charge in [-0.3, -0.25) is 0 Å². The largest absolute Gasteiger partial charge is 0.387 e. The summed E-state index contributed by atoms with van der Waals surface area (Å²) < 4.78 is 7.71. The number of nitrogens with zero attached hydrogens (tertiary/aromatic N) is 2. The Hall–Kier alpha value is -0.870. The Morgan fingerprint density at radius 2 is 2.31 bits per heavy atom. The van der Waals surface area contributed by atoms with Crippen LogP contribution in [0.25, 0.3) is 0 Å². The zero-order chi connectivity index (χ0) is 11.0. The summed E-state index contributed by atoms with van der Waals surface area (Å²) >= 11 is 0. The van der Waals surface area contributed by atoms with Gasteiger partial charge in [-0.05, 0) is 25.7 Å². The van der Waals surface area contributed by atoms with E-state index in [1.165, 1.54) is 0 Å². The number of fused-ring (bicyclic) bond motifs is 1. The minimum Gasteiger partial charge on any atom is -0.387 e. The number of hydrogen-bond acceptors (Lipinski definition) is 3. The topological polar surface area (TPSA) is 47.3 Å². The van der Waals surface area contributed by atoms with Crippen LogP contribution in [0.3, 0.4) is 0 Å². The molecular weight excluding hydrogens is 204 g/mol. The van der Waals surface area contributed by atoms with Crippen LogP contribution < -0.4 is 0 Å². The highest BCUT2D eigenvalue weighted by Gasteiger charge is 2.26. The van der Waals surface area contributed by atoms with E-state index in [0.29, 0.717) is 5.92 Å². The maximum atomic E-state index is 9.88. The second kappa shape index (κ2) is 4.18. The van der Waals surface area contributed by atoms with Crippen molar-refractivity contribution in [1.82, 2.24) is 9.55 Å². The van der Waals surface area contributed by atoms with E-state index in [1.807, 2.05) is 6.20 Å². The summed E-state index contributed by atoms with van der Waals surface area (Å²) in [7, 11) is 0. The van der Waals surface area contributed by atoms with Gasteiger partial charge in [0.1, 0.15) is 5.82 Å². The molecule has 0 saturated carbocycles. The van der Waals surface area contributed by atoms with Crippen molar-refractivity contribution < 1.29 is 9.84 Å². The van der Waals surface area contributed by atoms with E-state index in [4.69, 9.17) is 4.74 Å². The molecule has 0 radical (unpaired) electrons. The SMILES string of the molecule is OC1CCCn2c1cnc2C1CCCOC1. The summed E-state index contributed by atoms with van der Waals surface area (Å²) in [4.78, 5) is 4.49. The van der Waals surface area contributed by atoms with Crippen LogP contribution in [0, 0.1) is 0 Å². The van der Waals surface area contributed by atoms with E-state index in [9.17, 15) is 5.11 Å². The number of aliphatic hydroxyl groups is 1. The molecule has 0 aliphatic carbocycles. The normalized spacial score (nSPS) is 30.1. The fourth-order valence-corrected chi connectivity index (χ4v) is 2.77. The molecule has 88 valence electrons. The molecular formula is C12H18N2O2. The van der Waals surface area contributed by atoms with Crippen LogP contribution in [0.5, 0.6) is 0 Å². The number of aliphatic hydroxyl groups excluding tert-OH is 1. The third kappa shape index (κ3) is 1.66. The summed E-state index contributed by atoms with van der Waals surface area (Å²) in [6, 6.07) is 0. The van der Waals surface area contributed by atoms with Gasteiger partial charge in [0, 0.05) is 19.1 Å². The quantitative estimate of drug-likeness (QED) is 0.785. The first-order valence-corrected chi connectivity index (χ1v) is 6.17. The van der Waals surface area contributed by atoms with Gasteiger partial charge in [-0.1, -0.05) is 0 Å². The molecule has 0 bridgehead atoms. The molecule has 4 heteroatoms. The highest BCUT2D eigenvalue weighted by molar-refractivity contribution is 5.14. The predicted octanol–water partition coefficient (Wildman–Crippen LogP) is 1.60. The summed E-state index contributed by atoms with van der Waals surface area (Å²) in [5.74, 6) is 1.54. The minimum atomic E-state index is -0.320. The molecule has 2 aliphatic rings. The van der Waals surface area contributed by atoms with E-state index in [-0.39, 0.29) is 6.10 Å². The second-order valence-electron chi connectivity index (χ2n) is 4.76. The minimum absolute atomic E-state index is 0.320. The van der Waals surface area contributed by atoms with Crippen LogP contribution in [-0.4, -0.2) is 27.9 Å². The molecule has 1 saturated heterocycles. The van der Waals surface area contributed by atoms with Crippen molar-refractivity contribution >= 4 is 0 Å². The fraction of sp³-hybridized carbons (Fsp3) is 0.750. The maximum Gasteiger partial charge on any atom is 0.114 e. The maximum absolute atomic E-state index is 9.88. The summed E-state index contributed by atoms with van der Waals surface area (Å²) in [5, 5.41) is 9.88. The third-order valence-corrected chi connectivity index (χ3v) is 3.64. The van der Waals surface area contributed by atoms with Crippen LogP contribution in [0.15, 0.2) is 6.20 Å². The Bertz CT molecular complexity index is 369. The number of hydrogen-bond donors (Lipinski definition) is 1. The van der Waals surface area contributed by atoms with E-state index in [1.54, 1.807) is 0 Å². The summed E-state index contributed by atoms with van der Waals surface area (Å²) in [6.45, 7) is 2.66. The molecule has 2 unspecified atom stereocenters. The van der Waals surface area contributed by atoms with Gasteiger partial charge in [-0.15, -0.1) is 0 Å². The first-order valence-electron chi connectivity index (χ1n) is 6.17. The van der Waals surface area contributed by atoms with Crippen molar-refractivity contribution in [3.05, 3.63) is 17.7 Å². The Labute approximate surface area is 95.3 Å². The number of rotatable bonds is 1. The Kier molecular flexibility index (Phi) is 2.69. The zero-order valence-electron chi connectivity index (χ0n) is 9.43. The first kappa shape index (κ1) is 10.3.